The highest BCUT2D eigenvalue weighted by Gasteiger charge is 2.49. The average Bonchev–Trinajstić information content (AvgIpc) is 2.88. The van der Waals surface area contributed by atoms with Gasteiger partial charge in [0, 0.05) is 47.5 Å². The maximum Gasteiger partial charge on any atom is 0.410 e. The van der Waals surface area contributed by atoms with Crippen LogP contribution in [-0.4, -0.2) is 83.5 Å². The molecule has 224 valence electrons. The lowest BCUT2D eigenvalue weighted by Gasteiger charge is -2.56. The highest BCUT2D eigenvalue weighted by atomic mass is 127. The number of benzene rings is 2. The number of fused-ring (bicyclic) bond motifs is 4. The first-order valence-electron chi connectivity index (χ1n) is 14.5. The number of anilines is 1. The molecule has 6 saturated heterocycles. The molecule has 6 fully saturated rings. The third kappa shape index (κ3) is 8.73. The third-order valence-corrected chi connectivity index (χ3v) is 8.07. The van der Waals surface area contributed by atoms with E-state index in [1.165, 1.54) is 9.26 Å². The van der Waals surface area contributed by atoms with E-state index in [0.717, 1.165) is 39.0 Å². The number of para-hydroxylation sites is 1. The largest absolute Gasteiger partial charge is 0.444 e. The van der Waals surface area contributed by atoms with Gasteiger partial charge in [-0.2, -0.15) is 0 Å². The van der Waals surface area contributed by atoms with E-state index in [4.69, 9.17) is 9.47 Å². The van der Waals surface area contributed by atoms with E-state index in [-0.39, 0.29) is 17.8 Å². The monoisotopic (exact) mass is 676 g/mol. The van der Waals surface area contributed by atoms with Crippen molar-refractivity contribution in [2.75, 3.05) is 31.1 Å². The Morgan fingerprint density at radius 2 is 1.12 bits per heavy atom. The molecule has 4 bridgehead atoms. The number of carbonyl (C=O) groups is 2. The Labute approximate surface area is 258 Å². The lowest BCUT2D eigenvalue weighted by molar-refractivity contribution is -0.0440. The Morgan fingerprint density at radius 3 is 1.51 bits per heavy atom. The van der Waals surface area contributed by atoms with Crippen LogP contribution in [0.2, 0.25) is 0 Å². The summed E-state index contributed by atoms with van der Waals surface area (Å²) in [5.74, 6) is 0. The van der Waals surface area contributed by atoms with Gasteiger partial charge in [-0.15, -0.1) is 0 Å². The van der Waals surface area contributed by atoms with E-state index in [1.54, 1.807) is 0 Å². The van der Waals surface area contributed by atoms with Crippen molar-refractivity contribution in [3.05, 3.63) is 64.2 Å². The Kier molecular flexibility index (Phi) is 10.1. The Hall–Kier alpha value is -2.53. The fourth-order valence-electron chi connectivity index (χ4n) is 5.58. The number of nitrogens with zero attached hydrogens (tertiary/aromatic N) is 3. The molecule has 8 rings (SSSR count). The molecule has 0 spiro atoms. The summed E-state index contributed by atoms with van der Waals surface area (Å²) in [6, 6.07) is 21.9. The number of amides is 2. The van der Waals surface area contributed by atoms with Crippen LogP contribution >= 0.6 is 22.6 Å². The summed E-state index contributed by atoms with van der Waals surface area (Å²) in [5, 5.41) is 3.28. The van der Waals surface area contributed by atoms with E-state index < -0.39 is 5.60 Å². The maximum atomic E-state index is 12.2. The first-order chi connectivity index (χ1) is 19.3. The SMILES string of the molecule is CC(C)(C)OC(=O)N1C2CC1CN(c1ccccc1)C2.CC(C)(C)OC(=O)N1C2CNCC1C2.Ic1ccccc1. The number of halogens is 1. The number of carbonyl (C=O) groups excluding carboxylic acids is 2. The standard InChI is InChI=1S/C16H22N2O2.C10H18N2O2.C6H5I/c1-16(2,3)20-15(19)18-13-9-14(18)11-17(10-13)12-7-5-4-6-8-12;1-10(2,3)14-9(13)12-7-4-8(12)6-11-5-7;7-6-4-2-1-3-5-6/h4-8,13-14H,9-11H2,1-3H3;7-8,11H,4-6H2,1-3H3;1-5H. The van der Waals surface area contributed by atoms with Crippen molar-refractivity contribution >= 4 is 40.5 Å². The van der Waals surface area contributed by atoms with Crippen molar-refractivity contribution in [2.45, 2.75) is 89.8 Å². The predicted octanol–water partition coefficient (Wildman–Crippen LogP) is 6.14. The van der Waals surface area contributed by atoms with Crippen molar-refractivity contribution < 1.29 is 19.1 Å². The molecule has 0 saturated carbocycles. The van der Waals surface area contributed by atoms with Gasteiger partial charge in [-0.25, -0.2) is 9.59 Å². The van der Waals surface area contributed by atoms with Gasteiger partial charge in [-0.3, -0.25) is 9.80 Å². The molecule has 0 radical (unpaired) electrons. The van der Waals surface area contributed by atoms with Gasteiger partial charge in [0.05, 0.1) is 12.1 Å². The van der Waals surface area contributed by atoms with Crippen molar-refractivity contribution in [1.82, 2.24) is 15.1 Å². The van der Waals surface area contributed by atoms with Gasteiger partial charge in [0.1, 0.15) is 11.2 Å². The Balaban J connectivity index is 0.000000159. The average molecular weight is 677 g/mol. The van der Waals surface area contributed by atoms with Crippen molar-refractivity contribution in [2.24, 2.45) is 0 Å². The predicted molar refractivity (Wildman–Crippen MR) is 171 cm³/mol. The van der Waals surface area contributed by atoms with Crippen LogP contribution in [0.1, 0.15) is 54.4 Å². The zero-order valence-corrected chi connectivity index (χ0v) is 27.3. The zero-order chi connectivity index (χ0) is 29.8. The minimum absolute atomic E-state index is 0.153. The molecular weight excluding hydrogens is 631 g/mol. The van der Waals surface area contributed by atoms with E-state index in [1.807, 2.05) is 75.6 Å². The molecule has 41 heavy (non-hydrogen) atoms. The van der Waals surface area contributed by atoms with Gasteiger partial charge in [0.15, 0.2) is 0 Å². The molecular formula is C32H45IN4O4. The summed E-state index contributed by atoms with van der Waals surface area (Å²) in [6.45, 7) is 15.1. The molecule has 0 aromatic heterocycles. The van der Waals surface area contributed by atoms with Gasteiger partial charge < -0.3 is 19.7 Å². The summed E-state index contributed by atoms with van der Waals surface area (Å²) in [5.41, 5.74) is 0.445. The van der Waals surface area contributed by atoms with Crippen LogP contribution in [0.5, 0.6) is 0 Å². The second-order valence-electron chi connectivity index (χ2n) is 13.1. The first-order valence-corrected chi connectivity index (χ1v) is 15.6. The van der Waals surface area contributed by atoms with Crippen LogP contribution in [0.4, 0.5) is 15.3 Å². The van der Waals surface area contributed by atoms with Gasteiger partial charge in [0.2, 0.25) is 0 Å². The van der Waals surface area contributed by atoms with Crippen molar-refractivity contribution in [1.29, 1.82) is 0 Å². The molecule has 2 aromatic rings. The molecule has 9 heteroatoms. The highest BCUT2D eigenvalue weighted by Crippen LogP contribution is 2.35. The number of piperazine rings is 2. The van der Waals surface area contributed by atoms with E-state index in [9.17, 15) is 9.59 Å². The van der Waals surface area contributed by atoms with Crippen LogP contribution in [0.15, 0.2) is 60.7 Å². The van der Waals surface area contributed by atoms with E-state index in [2.05, 4.69) is 69.2 Å². The van der Waals surface area contributed by atoms with Gasteiger partial charge in [0.25, 0.3) is 0 Å². The molecule has 2 amide bonds. The molecule has 0 aliphatic carbocycles. The fourth-order valence-corrected chi connectivity index (χ4v) is 6.00. The maximum absolute atomic E-state index is 12.2. The van der Waals surface area contributed by atoms with Crippen LogP contribution in [0.25, 0.3) is 0 Å². The van der Waals surface area contributed by atoms with Gasteiger partial charge in [-0.05, 0) is 101 Å². The Morgan fingerprint density at radius 1 is 0.707 bits per heavy atom. The van der Waals surface area contributed by atoms with Crippen LogP contribution in [0, 0.1) is 3.57 Å². The van der Waals surface area contributed by atoms with Gasteiger partial charge >= 0.3 is 12.2 Å². The lowest BCUT2D eigenvalue weighted by Crippen LogP contribution is -2.70. The van der Waals surface area contributed by atoms with Crippen molar-refractivity contribution in [3.8, 4) is 0 Å². The lowest BCUT2D eigenvalue weighted by atomic mass is 9.87. The van der Waals surface area contributed by atoms with Crippen LogP contribution in [-0.2, 0) is 9.47 Å². The summed E-state index contributed by atoms with van der Waals surface area (Å²) >= 11 is 2.28. The van der Waals surface area contributed by atoms with Crippen molar-refractivity contribution in [3.63, 3.8) is 0 Å². The van der Waals surface area contributed by atoms with E-state index >= 15 is 0 Å². The molecule has 8 nitrogen and oxygen atoms in total. The number of hydrogen-bond acceptors (Lipinski definition) is 6. The molecule has 6 heterocycles. The minimum atomic E-state index is -0.417. The molecule has 4 atom stereocenters. The minimum Gasteiger partial charge on any atom is -0.444 e. The third-order valence-electron chi connectivity index (χ3n) is 7.35. The van der Waals surface area contributed by atoms with Crippen LogP contribution in [0.3, 0.4) is 0 Å². The smallest absolute Gasteiger partial charge is 0.410 e. The molecule has 6 aliphatic heterocycles. The summed E-state index contributed by atoms with van der Waals surface area (Å²) < 4.78 is 12.1. The van der Waals surface area contributed by atoms with E-state index in [0.29, 0.717) is 24.2 Å². The quantitative estimate of drug-likeness (QED) is 0.366. The summed E-state index contributed by atoms with van der Waals surface area (Å²) in [7, 11) is 0. The highest BCUT2D eigenvalue weighted by molar-refractivity contribution is 14.1. The Bertz CT molecular complexity index is 1130. The summed E-state index contributed by atoms with van der Waals surface area (Å²) in [4.78, 5) is 30.1. The zero-order valence-electron chi connectivity index (χ0n) is 25.2. The molecule has 2 aromatic carbocycles. The normalized spacial score (nSPS) is 24.3. The van der Waals surface area contributed by atoms with Gasteiger partial charge in [-0.1, -0.05) is 36.4 Å². The number of ether oxygens (including phenoxy) is 2. The molecule has 6 aliphatic rings. The number of nitrogens with one attached hydrogen (secondary N) is 1. The number of piperidine rings is 2. The summed E-state index contributed by atoms with van der Waals surface area (Å²) in [6.07, 6.45) is 1.92. The first kappa shape index (κ1) is 31.4. The number of rotatable bonds is 1. The fraction of sp³-hybridized carbons (Fsp3) is 0.562. The second kappa shape index (κ2) is 13.2. The van der Waals surface area contributed by atoms with Crippen LogP contribution < -0.4 is 10.2 Å². The molecule has 1 N–H and O–H groups in total. The molecule has 4 unspecified atom stereocenters. The topological polar surface area (TPSA) is 74.4 Å². The number of hydrogen-bond donors (Lipinski definition) is 1. The second-order valence-corrected chi connectivity index (χ2v) is 14.3.